The van der Waals surface area contributed by atoms with Crippen molar-refractivity contribution in [2.24, 2.45) is 11.7 Å². The van der Waals surface area contributed by atoms with Crippen molar-refractivity contribution < 1.29 is 13.2 Å². The van der Waals surface area contributed by atoms with E-state index in [9.17, 15) is 13.2 Å². The van der Waals surface area contributed by atoms with Gasteiger partial charge in [0.25, 0.3) is 10.2 Å². The molecule has 1 amide bonds. The third-order valence-electron chi connectivity index (χ3n) is 3.93. The van der Waals surface area contributed by atoms with Crippen LogP contribution in [0.1, 0.15) is 18.4 Å². The average Bonchev–Trinajstić information content (AvgIpc) is 2.49. The van der Waals surface area contributed by atoms with Crippen LogP contribution in [0.4, 0.5) is 0 Å². The normalized spacial score (nSPS) is 17.8. The molecule has 0 aromatic heterocycles. The maximum absolute atomic E-state index is 12.6. The zero-order valence-electron chi connectivity index (χ0n) is 12.4. The molecule has 2 rings (SSSR count). The number of primary amides is 1. The van der Waals surface area contributed by atoms with E-state index in [-0.39, 0.29) is 11.8 Å². The molecule has 1 aromatic rings. The van der Waals surface area contributed by atoms with Gasteiger partial charge < -0.3 is 5.73 Å². The summed E-state index contributed by atoms with van der Waals surface area (Å²) in [5.74, 6) is -0.571. The van der Waals surface area contributed by atoms with Gasteiger partial charge in [0.2, 0.25) is 5.91 Å². The zero-order chi connectivity index (χ0) is 16.3. The molecule has 1 aliphatic heterocycles. The molecule has 1 saturated heterocycles. The summed E-state index contributed by atoms with van der Waals surface area (Å²) in [6.07, 6.45) is 0.967. The van der Waals surface area contributed by atoms with Gasteiger partial charge in [-0.2, -0.15) is 17.0 Å². The van der Waals surface area contributed by atoms with Crippen molar-refractivity contribution in [3.63, 3.8) is 0 Å². The van der Waals surface area contributed by atoms with Gasteiger partial charge in [-0.3, -0.25) is 4.79 Å². The van der Waals surface area contributed by atoms with Gasteiger partial charge in [-0.15, -0.1) is 0 Å². The fraction of sp³-hybridized carbons (Fsp3) is 0.500. The fourth-order valence-electron chi connectivity index (χ4n) is 2.52. The molecule has 2 N–H and O–H groups in total. The summed E-state index contributed by atoms with van der Waals surface area (Å²) < 4.78 is 28.8. The van der Waals surface area contributed by atoms with Gasteiger partial charge >= 0.3 is 0 Å². The standard InChI is InChI=1S/C14H20BrN3O3S/c1-17(10-12-4-2-3-5-13(12)15)22(20,21)18-8-6-11(7-9-18)14(16)19/h2-5,11H,6-10H2,1H3,(H2,16,19). The van der Waals surface area contributed by atoms with Crippen molar-refractivity contribution >= 4 is 32.0 Å². The Kier molecular flexibility index (Phi) is 5.60. The van der Waals surface area contributed by atoms with Crippen LogP contribution < -0.4 is 5.73 Å². The minimum atomic E-state index is -3.53. The SMILES string of the molecule is CN(Cc1ccccc1Br)S(=O)(=O)N1CCC(C(N)=O)CC1. The highest BCUT2D eigenvalue weighted by Gasteiger charge is 2.32. The number of nitrogens with two attached hydrogens (primary N) is 1. The summed E-state index contributed by atoms with van der Waals surface area (Å²) in [6, 6.07) is 7.53. The predicted molar refractivity (Wildman–Crippen MR) is 88.0 cm³/mol. The van der Waals surface area contributed by atoms with Gasteiger partial charge in [0.05, 0.1) is 0 Å². The van der Waals surface area contributed by atoms with Crippen LogP contribution in [0.5, 0.6) is 0 Å². The second kappa shape index (κ2) is 7.08. The summed E-state index contributed by atoms with van der Waals surface area (Å²) in [6.45, 7) is 0.950. The number of halogens is 1. The number of rotatable bonds is 5. The maximum atomic E-state index is 12.6. The molecule has 22 heavy (non-hydrogen) atoms. The highest BCUT2D eigenvalue weighted by atomic mass is 79.9. The van der Waals surface area contributed by atoms with E-state index in [2.05, 4.69) is 15.9 Å². The highest BCUT2D eigenvalue weighted by Crippen LogP contribution is 2.23. The first-order valence-electron chi connectivity index (χ1n) is 7.06. The number of amides is 1. The topological polar surface area (TPSA) is 83.7 Å². The van der Waals surface area contributed by atoms with Crippen LogP contribution in [0.3, 0.4) is 0 Å². The van der Waals surface area contributed by atoms with Crippen LogP contribution in [-0.2, 0) is 21.5 Å². The van der Waals surface area contributed by atoms with Gasteiger partial charge in [-0.05, 0) is 24.5 Å². The molecule has 1 heterocycles. The Labute approximate surface area is 139 Å². The van der Waals surface area contributed by atoms with Gasteiger partial charge in [0.15, 0.2) is 0 Å². The van der Waals surface area contributed by atoms with Gasteiger partial charge in [0, 0.05) is 37.1 Å². The first-order valence-corrected chi connectivity index (χ1v) is 9.25. The molecule has 6 nitrogen and oxygen atoms in total. The van der Waals surface area contributed by atoms with Gasteiger partial charge in [-0.1, -0.05) is 34.1 Å². The van der Waals surface area contributed by atoms with Crippen molar-refractivity contribution in [1.82, 2.24) is 8.61 Å². The predicted octanol–water partition coefficient (Wildman–Crippen LogP) is 1.32. The van der Waals surface area contributed by atoms with Crippen molar-refractivity contribution in [3.05, 3.63) is 34.3 Å². The third-order valence-corrected chi connectivity index (χ3v) is 6.64. The van der Waals surface area contributed by atoms with E-state index >= 15 is 0 Å². The lowest BCUT2D eigenvalue weighted by Gasteiger charge is -2.32. The number of nitrogens with zero attached hydrogens (tertiary/aromatic N) is 2. The van der Waals surface area contributed by atoms with Crippen LogP contribution in [0.2, 0.25) is 0 Å². The number of hydrogen-bond donors (Lipinski definition) is 1. The molecular weight excluding hydrogens is 370 g/mol. The Morgan fingerprint density at radius 2 is 1.95 bits per heavy atom. The quantitative estimate of drug-likeness (QED) is 0.823. The monoisotopic (exact) mass is 389 g/mol. The van der Waals surface area contributed by atoms with E-state index in [0.717, 1.165) is 10.0 Å². The Bertz CT molecular complexity index is 642. The summed E-state index contributed by atoms with van der Waals surface area (Å²) in [7, 11) is -1.97. The number of piperidine rings is 1. The molecule has 1 aliphatic rings. The Balaban J connectivity index is 2.04. The first-order chi connectivity index (χ1) is 10.3. The van der Waals surface area contributed by atoms with Crippen molar-refractivity contribution in [1.29, 1.82) is 0 Å². The van der Waals surface area contributed by atoms with Crippen molar-refractivity contribution in [3.8, 4) is 0 Å². The highest BCUT2D eigenvalue weighted by molar-refractivity contribution is 9.10. The molecule has 1 fully saturated rings. The van der Waals surface area contributed by atoms with Crippen LogP contribution in [0.25, 0.3) is 0 Å². The molecule has 0 unspecified atom stereocenters. The number of carbonyl (C=O) groups excluding carboxylic acids is 1. The second-order valence-corrected chi connectivity index (χ2v) is 8.32. The smallest absolute Gasteiger partial charge is 0.282 e. The minimum absolute atomic E-state index is 0.222. The molecule has 122 valence electrons. The Hall–Kier alpha value is -0.960. The van der Waals surface area contributed by atoms with Crippen LogP contribution in [0.15, 0.2) is 28.7 Å². The maximum Gasteiger partial charge on any atom is 0.282 e. The average molecular weight is 390 g/mol. The molecule has 0 radical (unpaired) electrons. The van der Waals surface area contributed by atoms with Crippen molar-refractivity contribution in [2.75, 3.05) is 20.1 Å². The lowest BCUT2D eigenvalue weighted by atomic mass is 9.98. The Morgan fingerprint density at radius 3 is 2.50 bits per heavy atom. The molecule has 0 atom stereocenters. The first kappa shape index (κ1) is 17.4. The van der Waals surface area contributed by atoms with Crippen molar-refractivity contribution in [2.45, 2.75) is 19.4 Å². The van der Waals surface area contributed by atoms with E-state index in [1.165, 1.54) is 8.61 Å². The summed E-state index contributed by atoms with van der Waals surface area (Å²) >= 11 is 3.42. The molecule has 8 heteroatoms. The zero-order valence-corrected chi connectivity index (χ0v) is 14.8. The largest absolute Gasteiger partial charge is 0.369 e. The van der Waals surface area contributed by atoms with E-state index in [4.69, 9.17) is 5.73 Å². The number of benzene rings is 1. The summed E-state index contributed by atoms with van der Waals surface area (Å²) in [5, 5.41) is 0. The van der Waals surface area contributed by atoms with E-state index in [1.54, 1.807) is 7.05 Å². The number of hydrogen-bond acceptors (Lipinski definition) is 3. The van der Waals surface area contributed by atoms with E-state index in [0.29, 0.717) is 32.5 Å². The van der Waals surface area contributed by atoms with Crippen LogP contribution >= 0.6 is 15.9 Å². The van der Waals surface area contributed by atoms with Crippen LogP contribution in [-0.4, -0.2) is 43.1 Å². The van der Waals surface area contributed by atoms with E-state index < -0.39 is 10.2 Å². The third kappa shape index (κ3) is 3.87. The van der Waals surface area contributed by atoms with Crippen LogP contribution in [0, 0.1) is 5.92 Å². The fourth-order valence-corrected chi connectivity index (χ4v) is 4.30. The molecule has 0 aliphatic carbocycles. The lowest BCUT2D eigenvalue weighted by molar-refractivity contribution is -0.122. The minimum Gasteiger partial charge on any atom is -0.369 e. The molecule has 0 spiro atoms. The second-order valence-electron chi connectivity index (χ2n) is 5.43. The summed E-state index contributed by atoms with van der Waals surface area (Å²) in [5.41, 5.74) is 6.18. The lowest BCUT2D eigenvalue weighted by Crippen LogP contribution is -2.47. The van der Waals surface area contributed by atoms with E-state index in [1.807, 2.05) is 24.3 Å². The number of carbonyl (C=O) groups is 1. The molecule has 1 aromatic carbocycles. The molecule has 0 saturated carbocycles. The van der Waals surface area contributed by atoms with Gasteiger partial charge in [0.1, 0.15) is 0 Å². The Morgan fingerprint density at radius 1 is 1.36 bits per heavy atom. The molecular formula is C14H20BrN3O3S. The summed E-state index contributed by atoms with van der Waals surface area (Å²) in [4.78, 5) is 11.2. The molecule has 0 bridgehead atoms. The van der Waals surface area contributed by atoms with Gasteiger partial charge in [-0.25, -0.2) is 0 Å².